The van der Waals surface area contributed by atoms with Crippen LogP contribution in [0.1, 0.15) is 84.0 Å². The van der Waals surface area contributed by atoms with Gasteiger partial charge in [-0.15, -0.1) is 0 Å². The number of unbranched alkanes of at least 4 members (excludes halogenated alkanes) is 7. The molecule has 4 heteroatoms. The maximum absolute atomic E-state index is 12.3. The fraction of sp³-hybridized carbons (Fsp3) is 0.882. The molecule has 1 rings (SSSR count). The van der Waals surface area contributed by atoms with Crippen molar-refractivity contribution in [3.05, 3.63) is 0 Å². The Morgan fingerprint density at radius 1 is 1.05 bits per heavy atom. The SMILES string of the molecule is CCCCCCCCCCNC(=O)C1(C(N)=S)CCCC1. The molecule has 0 aromatic rings. The third-order valence-corrected chi connectivity index (χ3v) is 5.07. The van der Waals surface area contributed by atoms with E-state index in [9.17, 15) is 4.79 Å². The van der Waals surface area contributed by atoms with Gasteiger partial charge in [0, 0.05) is 6.54 Å². The lowest BCUT2D eigenvalue weighted by Gasteiger charge is -2.26. The van der Waals surface area contributed by atoms with Crippen molar-refractivity contribution in [2.24, 2.45) is 11.1 Å². The lowest BCUT2D eigenvalue weighted by atomic mass is 9.85. The van der Waals surface area contributed by atoms with Gasteiger partial charge in [0.15, 0.2) is 0 Å². The van der Waals surface area contributed by atoms with E-state index in [0.29, 0.717) is 4.99 Å². The average molecular weight is 313 g/mol. The Kier molecular flexibility index (Phi) is 8.90. The summed E-state index contributed by atoms with van der Waals surface area (Å²) in [6.07, 6.45) is 14.0. The lowest BCUT2D eigenvalue weighted by Crippen LogP contribution is -2.47. The summed E-state index contributed by atoms with van der Waals surface area (Å²) in [4.78, 5) is 12.7. The molecular weight excluding hydrogens is 280 g/mol. The predicted octanol–water partition coefficient (Wildman–Crippen LogP) is 4.09. The number of rotatable bonds is 11. The first-order valence-electron chi connectivity index (χ1n) is 8.71. The number of amides is 1. The summed E-state index contributed by atoms with van der Waals surface area (Å²) in [6, 6.07) is 0. The van der Waals surface area contributed by atoms with Gasteiger partial charge in [-0.1, -0.05) is 76.9 Å². The molecular formula is C17H32N2OS. The van der Waals surface area contributed by atoms with E-state index in [1.807, 2.05) is 0 Å². The Balaban J connectivity index is 2.09. The molecule has 0 aromatic heterocycles. The van der Waals surface area contributed by atoms with Crippen LogP contribution in [0.5, 0.6) is 0 Å². The Bertz CT molecular complexity index is 325. The summed E-state index contributed by atoms with van der Waals surface area (Å²) in [5.74, 6) is 0.0652. The van der Waals surface area contributed by atoms with Gasteiger partial charge >= 0.3 is 0 Å². The van der Waals surface area contributed by atoms with Gasteiger partial charge in [-0.3, -0.25) is 4.79 Å². The van der Waals surface area contributed by atoms with Crippen LogP contribution in [-0.4, -0.2) is 17.4 Å². The van der Waals surface area contributed by atoms with Crippen LogP contribution in [0.4, 0.5) is 0 Å². The van der Waals surface area contributed by atoms with Crippen LogP contribution < -0.4 is 11.1 Å². The zero-order valence-corrected chi connectivity index (χ0v) is 14.4. The maximum atomic E-state index is 12.3. The number of nitrogens with one attached hydrogen (secondary N) is 1. The fourth-order valence-electron chi connectivity index (χ4n) is 3.19. The molecule has 0 aliphatic heterocycles. The average Bonchev–Trinajstić information content (AvgIpc) is 2.96. The fourth-order valence-corrected chi connectivity index (χ4v) is 3.49. The minimum Gasteiger partial charge on any atom is -0.392 e. The molecule has 1 saturated carbocycles. The molecule has 0 unspecified atom stereocenters. The van der Waals surface area contributed by atoms with Crippen molar-refractivity contribution in [2.75, 3.05) is 6.54 Å². The van der Waals surface area contributed by atoms with Gasteiger partial charge < -0.3 is 11.1 Å². The van der Waals surface area contributed by atoms with Gasteiger partial charge in [0.2, 0.25) is 5.91 Å². The third kappa shape index (κ3) is 5.93. The first-order valence-corrected chi connectivity index (χ1v) is 9.12. The van der Waals surface area contributed by atoms with E-state index in [4.69, 9.17) is 18.0 Å². The number of hydrogen-bond donors (Lipinski definition) is 2. The summed E-state index contributed by atoms with van der Waals surface area (Å²) in [5.41, 5.74) is 5.27. The molecule has 1 amide bonds. The number of nitrogens with two attached hydrogens (primary N) is 1. The van der Waals surface area contributed by atoms with Gasteiger partial charge in [0.1, 0.15) is 0 Å². The van der Waals surface area contributed by atoms with Gasteiger partial charge in [-0.2, -0.15) is 0 Å². The first-order chi connectivity index (χ1) is 10.1. The highest BCUT2D eigenvalue weighted by molar-refractivity contribution is 7.80. The largest absolute Gasteiger partial charge is 0.392 e. The van der Waals surface area contributed by atoms with E-state index in [1.54, 1.807) is 0 Å². The van der Waals surface area contributed by atoms with Crippen molar-refractivity contribution in [3.8, 4) is 0 Å². The summed E-state index contributed by atoms with van der Waals surface area (Å²) in [5, 5.41) is 3.05. The van der Waals surface area contributed by atoms with Crippen LogP contribution in [0.25, 0.3) is 0 Å². The highest BCUT2D eigenvalue weighted by Crippen LogP contribution is 2.38. The van der Waals surface area contributed by atoms with Gasteiger partial charge in [-0.05, 0) is 19.3 Å². The highest BCUT2D eigenvalue weighted by Gasteiger charge is 2.43. The first kappa shape index (κ1) is 18.4. The molecule has 0 atom stereocenters. The van der Waals surface area contributed by atoms with E-state index in [0.717, 1.165) is 38.6 Å². The summed E-state index contributed by atoms with van der Waals surface area (Å²) < 4.78 is 0. The van der Waals surface area contributed by atoms with Crippen LogP contribution in [0.2, 0.25) is 0 Å². The molecule has 1 aliphatic carbocycles. The molecule has 0 aromatic carbocycles. The van der Waals surface area contributed by atoms with Crippen LogP contribution >= 0.6 is 12.2 Å². The highest BCUT2D eigenvalue weighted by atomic mass is 32.1. The molecule has 0 saturated heterocycles. The molecule has 3 N–H and O–H groups in total. The van der Waals surface area contributed by atoms with Crippen molar-refractivity contribution in [1.29, 1.82) is 0 Å². The van der Waals surface area contributed by atoms with Crippen LogP contribution in [0, 0.1) is 5.41 Å². The molecule has 0 heterocycles. The molecule has 1 aliphatic rings. The van der Waals surface area contributed by atoms with Crippen molar-refractivity contribution < 1.29 is 4.79 Å². The molecule has 21 heavy (non-hydrogen) atoms. The minimum absolute atomic E-state index is 0.0652. The summed E-state index contributed by atoms with van der Waals surface area (Å²) >= 11 is 5.13. The van der Waals surface area contributed by atoms with Crippen LogP contribution in [-0.2, 0) is 4.79 Å². The number of carbonyl (C=O) groups excluding carboxylic acids is 1. The molecule has 122 valence electrons. The van der Waals surface area contributed by atoms with Gasteiger partial charge in [0.25, 0.3) is 0 Å². The molecule has 0 radical (unpaired) electrons. The zero-order valence-electron chi connectivity index (χ0n) is 13.6. The lowest BCUT2D eigenvalue weighted by molar-refractivity contribution is -0.127. The van der Waals surface area contributed by atoms with Crippen molar-refractivity contribution >= 4 is 23.1 Å². The van der Waals surface area contributed by atoms with E-state index in [1.165, 1.54) is 44.9 Å². The quantitative estimate of drug-likeness (QED) is 0.446. The van der Waals surface area contributed by atoms with E-state index >= 15 is 0 Å². The Labute approximate surface area is 135 Å². The standard InChI is InChI=1S/C17H32N2OS/c1-2-3-4-5-6-7-8-11-14-19-16(20)17(15(18)21)12-9-10-13-17/h2-14H2,1H3,(H2,18,21)(H,19,20). The van der Waals surface area contributed by atoms with Crippen LogP contribution in [0.15, 0.2) is 0 Å². The van der Waals surface area contributed by atoms with Crippen molar-refractivity contribution in [1.82, 2.24) is 5.32 Å². The minimum atomic E-state index is -0.546. The Morgan fingerprint density at radius 3 is 2.10 bits per heavy atom. The third-order valence-electron chi connectivity index (χ3n) is 4.68. The maximum Gasteiger partial charge on any atom is 0.233 e. The summed E-state index contributed by atoms with van der Waals surface area (Å²) in [6.45, 7) is 3.00. The Morgan fingerprint density at radius 2 is 1.57 bits per heavy atom. The van der Waals surface area contributed by atoms with Crippen LogP contribution in [0.3, 0.4) is 0 Å². The van der Waals surface area contributed by atoms with Crippen molar-refractivity contribution in [2.45, 2.75) is 84.0 Å². The molecule has 0 spiro atoms. The van der Waals surface area contributed by atoms with Gasteiger partial charge in [-0.25, -0.2) is 0 Å². The molecule has 1 fully saturated rings. The number of thiocarbonyl (C=S) groups is 1. The predicted molar refractivity (Wildman–Crippen MR) is 93.3 cm³/mol. The monoisotopic (exact) mass is 312 g/mol. The van der Waals surface area contributed by atoms with Crippen molar-refractivity contribution in [3.63, 3.8) is 0 Å². The smallest absolute Gasteiger partial charge is 0.233 e. The topological polar surface area (TPSA) is 55.1 Å². The second-order valence-corrected chi connectivity index (χ2v) is 6.82. The zero-order chi connectivity index (χ0) is 15.6. The number of hydrogen-bond acceptors (Lipinski definition) is 2. The summed E-state index contributed by atoms with van der Waals surface area (Å²) in [7, 11) is 0. The van der Waals surface area contributed by atoms with E-state index in [2.05, 4.69) is 12.2 Å². The van der Waals surface area contributed by atoms with E-state index < -0.39 is 5.41 Å². The van der Waals surface area contributed by atoms with Gasteiger partial charge in [0.05, 0.1) is 10.4 Å². The molecule has 3 nitrogen and oxygen atoms in total. The molecule has 0 bridgehead atoms. The normalized spacial score (nSPS) is 16.8. The second kappa shape index (κ2) is 10.1. The second-order valence-electron chi connectivity index (χ2n) is 6.38. The Hall–Kier alpha value is -0.640. The number of carbonyl (C=O) groups is 1. The van der Waals surface area contributed by atoms with E-state index in [-0.39, 0.29) is 5.91 Å².